The summed E-state index contributed by atoms with van der Waals surface area (Å²) in [5.74, 6) is 1.42. The van der Waals surface area contributed by atoms with E-state index in [0.29, 0.717) is 23.0 Å². The summed E-state index contributed by atoms with van der Waals surface area (Å²) >= 11 is 1.11. The minimum absolute atomic E-state index is 0.0116. The van der Waals surface area contributed by atoms with Gasteiger partial charge in [-0.1, -0.05) is 25.6 Å². The average molecular weight is 374 g/mol. The van der Waals surface area contributed by atoms with Crippen molar-refractivity contribution < 1.29 is 18.7 Å². The topological polar surface area (TPSA) is 110 Å². The van der Waals surface area contributed by atoms with Crippen LogP contribution in [0.3, 0.4) is 0 Å². The Labute approximate surface area is 154 Å². The van der Waals surface area contributed by atoms with Crippen LogP contribution < -0.4 is 14.8 Å². The molecule has 0 fully saturated rings. The van der Waals surface area contributed by atoms with Crippen LogP contribution in [0.5, 0.6) is 11.5 Å². The Kier molecular flexibility index (Phi) is 5.04. The van der Waals surface area contributed by atoms with Crippen LogP contribution in [0.15, 0.2) is 27.8 Å². The first-order valence-electron chi connectivity index (χ1n) is 8.00. The van der Waals surface area contributed by atoms with Crippen LogP contribution >= 0.6 is 11.8 Å². The predicted octanol–water partition coefficient (Wildman–Crippen LogP) is 2.61. The van der Waals surface area contributed by atoms with E-state index in [1.165, 1.54) is 0 Å². The van der Waals surface area contributed by atoms with E-state index < -0.39 is 5.54 Å². The molecule has 26 heavy (non-hydrogen) atoms. The Bertz CT molecular complexity index is 861. The fourth-order valence-electron chi connectivity index (χ4n) is 2.17. The van der Waals surface area contributed by atoms with Crippen molar-refractivity contribution >= 4 is 17.7 Å². The standard InChI is InChI=1S/C17H18N4O4S/c1-10(2)17(3,8-18)19-14(22)7-26-16-21-20-15(25-16)11-4-5-12-13(6-11)24-9-23-12/h4-6,10H,7,9H2,1-3H3,(H,19,22). The first kappa shape index (κ1) is 18.1. The monoisotopic (exact) mass is 374 g/mol. The molecule has 1 amide bonds. The number of nitrogens with zero attached hydrogens (tertiary/aromatic N) is 3. The van der Waals surface area contributed by atoms with Gasteiger partial charge in [0.2, 0.25) is 18.6 Å². The molecule has 1 aromatic heterocycles. The number of amides is 1. The fourth-order valence-corrected chi connectivity index (χ4v) is 2.73. The van der Waals surface area contributed by atoms with Crippen LogP contribution in [0.2, 0.25) is 0 Å². The third-order valence-corrected chi connectivity index (χ3v) is 4.96. The summed E-state index contributed by atoms with van der Waals surface area (Å²) in [6, 6.07) is 7.47. The van der Waals surface area contributed by atoms with Gasteiger partial charge < -0.3 is 19.2 Å². The zero-order valence-electron chi connectivity index (χ0n) is 14.6. The van der Waals surface area contributed by atoms with E-state index in [1.807, 2.05) is 13.8 Å². The predicted molar refractivity (Wildman–Crippen MR) is 93.6 cm³/mol. The molecule has 1 aromatic carbocycles. The molecule has 0 saturated heterocycles. The van der Waals surface area contributed by atoms with Crippen molar-refractivity contribution in [1.29, 1.82) is 5.26 Å². The van der Waals surface area contributed by atoms with Crippen molar-refractivity contribution in [2.45, 2.75) is 31.5 Å². The highest BCUT2D eigenvalue weighted by molar-refractivity contribution is 7.99. The van der Waals surface area contributed by atoms with Gasteiger partial charge in [-0.2, -0.15) is 5.26 Å². The van der Waals surface area contributed by atoms with Crippen molar-refractivity contribution in [3.8, 4) is 29.0 Å². The zero-order chi connectivity index (χ0) is 18.7. The van der Waals surface area contributed by atoms with Gasteiger partial charge in [0.05, 0.1) is 11.8 Å². The number of nitriles is 1. The molecule has 1 N–H and O–H groups in total. The second-order valence-corrected chi connectivity index (χ2v) is 7.17. The lowest BCUT2D eigenvalue weighted by Gasteiger charge is -2.27. The number of hydrogen-bond donors (Lipinski definition) is 1. The molecule has 136 valence electrons. The lowest BCUT2D eigenvalue weighted by atomic mass is 9.90. The first-order valence-corrected chi connectivity index (χ1v) is 8.98. The van der Waals surface area contributed by atoms with Crippen molar-refractivity contribution in [2.24, 2.45) is 5.92 Å². The maximum Gasteiger partial charge on any atom is 0.277 e. The highest BCUT2D eigenvalue weighted by Gasteiger charge is 2.30. The molecule has 0 bridgehead atoms. The summed E-state index contributed by atoms with van der Waals surface area (Å²) in [7, 11) is 0. The number of nitrogens with one attached hydrogen (secondary N) is 1. The second-order valence-electron chi connectivity index (χ2n) is 6.25. The lowest BCUT2D eigenvalue weighted by molar-refractivity contribution is -0.120. The van der Waals surface area contributed by atoms with Gasteiger partial charge in [0.15, 0.2) is 11.5 Å². The van der Waals surface area contributed by atoms with Gasteiger partial charge in [0.25, 0.3) is 5.22 Å². The highest BCUT2D eigenvalue weighted by atomic mass is 32.2. The van der Waals surface area contributed by atoms with Crippen LogP contribution in [0.25, 0.3) is 11.5 Å². The minimum atomic E-state index is -0.913. The third kappa shape index (κ3) is 3.75. The van der Waals surface area contributed by atoms with E-state index in [-0.39, 0.29) is 29.6 Å². The molecule has 0 aliphatic carbocycles. The molecule has 2 heterocycles. The minimum Gasteiger partial charge on any atom is -0.454 e. The smallest absolute Gasteiger partial charge is 0.277 e. The largest absolute Gasteiger partial charge is 0.454 e. The van der Waals surface area contributed by atoms with E-state index in [9.17, 15) is 10.1 Å². The molecule has 0 saturated carbocycles. The summed E-state index contributed by atoms with van der Waals surface area (Å²) in [5, 5.41) is 20.2. The number of benzene rings is 1. The molecule has 1 aliphatic rings. The van der Waals surface area contributed by atoms with E-state index in [4.69, 9.17) is 13.9 Å². The number of thioether (sulfide) groups is 1. The maximum atomic E-state index is 12.1. The van der Waals surface area contributed by atoms with Gasteiger partial charge in [0.1, 0.15) is 5.54 Å². The van der Waals surface area contributed by atoms with Gasteiger partial charge in [-0.25, -0.2) is 0 Å². The Hall–Kier alpha value is -2.73. The highest BCUT2D eigenvalue weighted by Crippen LogP contribution is 2.36. The van der Waals surface area contributed by atoms with E-state index >= 15 is 0 Å². The zero-order valence-corrected chi connectivity index (χ0v) is 15.4. The Morgan fingerprint density at radius 2 is 2.15 bits per heavy atom. The van der Waals surface area contributed by atoms with Crippen LogP contribution in [0, 0.1) is 17.2 Å². The van der Waals surface area contributed by atoms with Crippen molar-refractivity contribution in [3.05, 3.63) is 18.2 Å². The van der Waals surface area contributed by atoms with Crippen molar-refractivity contribution in [3.63, 3.8) is 0 Å². The van der Waals surface area contributed by atoms with Crippen LogP contribution in [-0.2, 0) is 4.79 Å². The van der Waals surface area contributed by atoms with Crippen molar-refractivity contribution in [1.82, 2.24) is 15.5 Å². The quantitative estimate of drug-likeness (QED) is 0.768. The second kappa shape index (κ2) is 7.25. The SMILES string of the molecule is CC(C)C(C)(C#N)NC(=O)CSc1nnc(-c2ccc3c(c2)OCO3)o1. The van der Waals surface area contributed by atoms with Crippen LogP contribution in [0.4, 0.5) is 0 Å². The Morgan fingerprint density at radius 3 is 2.88 bits per heavy atom. The molecule has 8 nitrogen and oxygen atoms in total. The Balaban J connectivity index is 1.61. The van der Waals surface area contributed by atoms with Crippen LogP contribution in [-0.4, -0.2) is 34.2 Å². The summed E-state index contributed by atoms with van der Waals surface area (Å²) in [6.07, 6.45) is 0. The number of carbonyl (C=O) groups is 1. The number of rotatable bonds is 6. The third-order valence-electron chi connectivity index (χ3n) is 4.14. The fraction of sp³-hybridized carbons (Fsp3) is 0.412. The van der Waals surface area contributed by atoms with Gasteiger partial charge in [-0.05, 0) is 31.0 Å². The molecule has 3 rings (SSSR count). The molecule has 0 radical (unpaired) electrons. The molecule has 9 heteroatoms. The number of fused-ring (bicyclic) bond motifs is 1. The summed E-state index contributed by atoms with van der Waals surface area (Å²) in [6.45, 7) is 5.65. The summed E-state index contributed by atoms with van der Waals surface area (Å²) < 4.78 is 16.2. The number of hydrogen-bond acceptors (Lipinski definition) is 8. The van der Waals surface area contributed by atoms with Gasteiger partial charge >= 0.3 is 0 Å². The number of aromatic nitrogens is 2. The van der Waals surface area contributed by atoms with Gasteiger partial charge in [-0.15, -0.1) is 10.2 Å². The molecule has 1 atom stereocenters. The molecule has 1 unspecified atom stereocenters. The van der Waals surface area contributed by atoms with E-state index in [0.717, 1.165) is 11.8 Å². The molecule has 2 aromatic rings. The Morgan fingerprint density at radius 1 is 1.38 bits per heavy atom. The number of carbonyl (C=O) groups excluding carboxylic acids is 1. The molecular weight excluding hydrogens is 356 g/mol. The summed E-state index contributed by atoms with van der Waals surface area (Å²) in [4.78, 5) is 12.1. The maximum absolute atomic E-state index is 12.1. The van der Waals surface area contributed by atoms with Gasteiger partial charge in [0, 0.05) is 5.56 Å². The molecule has 0 spiro atoms. The summed E-state index contributed by atoms with van der Waals surface area (Å²) in [5.41, 5.74) is -0.209. The lowest BCUT2D eigenvalue weighted by Crippen LogP contribution is -2.49. The van der Waals surface area contributed by atoms with Crippen LogP contribution in [0.1, 0.15) is 20.8 Å². The van der Waals surface area contributed by atoms with E-state index in [2.05, 4.69) is 21.6 Å². The van der Waals surface area contributed by atoms with E-state index in [1.54, 1.807) is 25.1 Å². The van der Waals surface area contributed by atoms with Gasteiger partial charge in [-0.3, -0.25) is 4.79 Å². The average Bonchev–Trinajstić information content (AvgIpc) is 3.28. The normalized spacial score (nSPS) is 14.7. The number of ether oxygens (including phenoxy) is 2. The first-order chi connectivity index (χ1) is 12.4. The molecular formula is C17H18N4O4S. The molecule has 1 aliphatic heterocycles. The van der Waals surface area contributed by atoms with Crippen molar-refractivity contribution in [2.75, 3.05) is 12.5 Å².